The first kappa shape index (κ1) is 16.6. The normalized spacial score (nSPS) is 13.8. The largest absolute Gasteiger partial charge is 0.491 e. The summed E-state index contributed by atoms with van der Waals surface area (Å²) < 4.78 is 5.55. The van der Waals surface area contributed by atoms with E-state index >= 15 is 0 Å². The second kappa shape index (κ2) is 8.00. The number of imide groups is 1. The molecule has 0 bridgehead atoms. The van der Waals surface area contributed by atoms with E-state index in [2.05, 4.69) is 10.6 Å². The standard InChI is InChI=1S/C15H20ClN3O3/c1-19(8-9-22-13-5-3-2-4-12(13)16)10-14(20)18-15(21)17-11-6-7-11/h2-5,11H,6-10H2,1H3,(H2,17,18,20,21). The van der Waals surface area contributed by atoms with Gasteiger partial charge in [-0.15, -0.1) is 0 Å². The van der Waals surface area contributed by atoms with E-state index in [9.17, 15) is 9.59 Å². The maximum Gasteiger partial charge on any atom is 0.321 e. The maximum absolute atomic E-state index is 11.7. The van der Waals surface area contributed by atoms with Crippen LogP contribution in [0.1, 0.15) is 12.8 Å². The highest BCUT2D eigenvalue weighted by Gasteiger charge is 2.23. The number of nitrogens with zero attached hydrogens (tertiary/aromatic N) is 1. The third-order valence-electron chi connectivity index (χ3n) is 3.15. The Bertz CT molecular complexity index is 535. The first-order valence-electron chi connectivity index (χ1n) is 7.21. The molecule has 1 aliphatic carbocycles. The molecular weight excluding hydrogens is 306 g/mol. The number of rotatable bonds is 7. The molecule has 1 saturated carbocycles. The number of amides is 3. The van der Waals surface area contributed by atoms with Crippen LogP contribution in [0.25, 0.3) is 0 Å². The molecule has 1 aromatic carbocycles. The van der Waals surface area contributed by atoms with Crippen molar-refractivity contribution >= 4 is 23.5 Å². The van der Waals surface area contributed by atoms with Gasteiger partial charge in [0.05, 0.1) is 11.6 Å². The average Bonchev–Trinajstić information content (AvgIpc) is 3.24. The quantitative estimate of drug-likeness (QED) is 0.799. The number of ether oxygens (including phenoxy) is 1. The van der Waals surface area contributed by atoms with Crippen LogP contribution in [-0.4, -0.2) is 49.6 Å². The van der Waals surface area contributed by atoms with Gasteiger partial charge < -0.3 is 10.1 Å². The van der Waals surface area contributed by atoms with Crippen molar-refractivity contribution in [1.29, 1.82) is 0 Å². The Balaban J connectivity index is 1.62. The summed E-state index contributed by atoms with van der Waals surface area (Å²) in [5, 5.41) is 5.56. The number of halogens is 1. The SMILES string of the molecule is CN(CCOc1ccccc1Cl)CC(=O)NC(=O)NC1CC1. The molecule has 2 rings (SSSR count). The molecule has 6 nitrogen and oxygen atoms in total. The van der Waals surface area contributed by atoms with Crippen molar-refractivity contribution in [3.8, 4) is 5.75 Å². The topological polar surface area (TPSA) is 70.7 Å². The van der Waals surface area contributed by atoms with E-state index in [0.29, 0.717) is 23.9 Å². The van der Waals surface area contributed by atoms with Crippen LogP contribution in [0.5, 0.6) is 5.75 Å². The summed E-state index contributed by atoms with van der Waals surface area (Å²) in [7, 11) is 1.79. The van der Waals surface area contributed by atoms with Gasteiger partial charge in [-0.25, -0.2) is 4.79 Å². The highest BCUT2D eigenvalue weighted by atomic mass is 35.5. The summed E-state index contributed by atoms with van der Waals surface area (Å²) in [6.07, 6.45) is 1.97. The van der Waals surface area contributed by atoms with E-state index < -0.39 is 6.03 Å². The Morgan fingerprint density at radius 2 is 2.09 bits per heavy atom. The Kier molecular flexibility index (Phi) is 6.03. The van der Waals surface area contributed by atoms with Gasteiger partial charge in [-0.05, 0) is 32.0 Å². The minimum absolute atomic E-state index is 0.129. The van der Waals surface area contributed by atoms with E-state index in [1.54, 1.807) is 24.1 Å². The van der Waals surface area contributed by atoms with Gasteiger partial charge in [0.15, 0.2) is 0 Å². The summed E-state index contributed by atoms with van der Waals surface area (Å²) >= 11 is 5.98. The number of urea groups is 1. The molecule has 0 atom stereocenters. The average molecular weight is 326 g/mol. The number of hydrogen-bond acceptors (Lipinski definition) is 4. The molecule has 0 saturated heterocycles. The first-order chi connectivity index (χ1) is 10.5. The number of hydrogen-bond donors (Lipinski definition) is 2. The monoisotopic (exact) mass is 325 g/mol. The zero-order valence-electron chi connectivity index (χ0n) is 12.5. The summed E-state index contributed by atoms with van der Waals surface area (Å²) in [6.45, 7) is 1.08. The molecule has 1 fully saturated rings. The fraction of sp³-hybridized carbons (Fsp3) is 0.467. The van der Waals surface area contributed by atoms with Gasteiger partial charge in [-0.2, -0.15) is 0 Å². The van der Waals surface area contributed by atoms with Gasteiger partial charge >= 0.3 is 6.03 Å². The molecule has 0 radical (unpaired) electrons. The van der Waals surface area contributed by atoms with E-state index in [1.165, 1.54) is 0 Å². The van der Waals surface area contributed by atoms with Gasteiger partial charge in [0.25, 0.3) is 0 Å². The third-order valence-corrected chi connectivity index (χ3v) is 3.46. The summed E-state index contributed by atoms with van der Waals surface area (Å²) in [4.78, 5) is 24.9. The second-order valence-corrected chi connectivity index (χ2v) is 5.72. The van der Waals surface area contributed by atoms with Crippen molar-refractivity contribution in [3.05, 3.63) is 29.3 Å². The van der Waals surface area contributed by atoms with Gasteiger partial charge in [0.1, 0.15) is 12.4 Å². The summed E-state index contributed by atoms with van der Waals surface area (Å²) in [5.41, 5.74) is 0. The lowest BCUT2D eigenvalue weighted by Crippen LogP contribution is -2.44. The predicted molar refractivity (Wildman–Crippen MR) is 84.1 cm³/mol. The van der Waals surface area contributed by atoms with Crippen LogP contribution in [0.15, 0.2) is 24.3 Å². The number of nitrogens with one attached hydrogen (secondary N) is 2. The van der Waals surface area contributed by atoms with E-state index in [-0.39, 0.29) is 18.5 Å². The fourth-order valence-electron chi connectivity index (χ4n) is 1.81. The molecule has 0 aliphatic heterocycles. The Morgan fingerprint density at radius 3 is 2.77 bits per heavy atom. The Hall–Kier alpha value is -1.79. The van der Waals surface area contributed by atoms with Crippen LogP contribution in [0.3, 0.4) is 0 Å². The number of para-hydroxylation sites is 1. The molecule has 0 unspecified atom stereocenters. The molecule has 22 heavy (non-hydrogen) atoms. The molecule has 1 aliphatic rings. The number of carbonyl (C=O) groups excluding carboxylic acids is 2. The number of likely N-dealkylation sites (N-methyl/N-ethyl adjacent to an activating group) is 1. The van der Waals surface area contributed by atoms with Gasteiger partial charge in [0.2, 0.25) is 5.91 Å². The third kappa shape index (κ3) is 5.91. The van der Waals surface area contributed by atoms with E-state index in [4.69, 9.17) is 16.3 Å². The predicted octanol–water partition coefficient (Wildman–Crippen LogP) is 1.64. The summed E-state index contributed by atoms with van der Waals surface area (Å²) in [6, 6.07) is 7.03. The minimum atomic E-state index is -0.423. The van der Waals surface area contributed by atoms with Crippen LogP contribution in [0.4, 0.5) is 4.79 Å². The zero-order valence-corrected chi connectivity index (χ0v) is 13.2. The fourth-order valence-corrected chi connectivity index (χ4v) is 2.00. The first-order valence-corrected chi connectivity index (χ1v) is 7.58. The molecule has 0 heterocycles. The highest BCUT2D eigenvalue weighted by molar-refractivity contribution is 6.32. The van der Waals surface area contributed by atoms with E-state index in [0.717, 1.165) is 12.8 Å². The van der Waals surface area contributed by atoms with Crippen LogP contribution >= 0.6 is 11.6 Å². The Morgan fingerprint density at radius 1 is 1.36 bits per heavy atom. The molecule has 1 aromatic rings. The molecule has 0 aromatic heterocycles. The lowest BCUT2D eigenvalue weighted by Gasteiger charge is -2.16. The highest BCUT2D eigenvalue weighted by Crippen LogP contribution is 2.22. The van der Waals surface area contributed by atoms with Crippen LogP contribution in [0.2, 0.25) is 5.02 Å². The van der Waals surface area contributed by atoms with Crippen molar-refractivity contribution < 1.29 is 14.3 Å². The second-order valence-electron chi connectivity index (χ2n) is 5.31. The molecule has 0 spiro atoms. The molecular formula is C15H20ClN3O3. The molecule has 2 N–H and O–H groups in total. The van der Waals surface area contributed by atoms with Crippen LogP contribution in [0, 0.1) is 0 Å². The lowest BCUT2D eigenvalue weighted by atomic mass is 10.3. The van der Waals surface area contributed by atoms with Crippen LogP contribution < -0.4 is 15.4 Å². The van der Waals surface area contributed by atoms with Crippen LogP contribution in [-0.2, 0) is 4.79 Å². The maximum atomic E-state index is 11.7. The lowest BCUT2D eigenvalue weighted by molar-refractivity contribution is -0.120. The Labute approximate surface area is 134 Å². The van der Waals surface area contributed by atoms with Crippen molar-refractivity contribution in [2.45, 2.75) is 18.9 Å². The number of carbonyl (C=O) groups is 2. The van der Waals surface area contributed by atoms with Gasteiger partial charge in [0, 0.05) is 12.6 Å². The summed E-state index contributed by atoms with van der Waals surface area (Å²) in [5.74, 6) is 0.282. The van der Waals surface area contributed by atoms with Gasteiger partial charge in [-0.3, -0.25) is 15.0 Å². The van der Waals surface area contributed by atoms with Gasteiger partial charge in [-0.1, -0.05) is 23.7 Å². The molecule has 120 valence electrons. The van der Waals surface area contributed by atoms with Crippen molar-refractivity contribution in [2.75, 3.05) is 26.7 Å². The van der Waals surface area contributed by atoms with Crippen molar-refractivity contribution in [3.63, 3.8) is 0 Å². The van der Waals surface area contributed by atoms with Crippen molar-refractivity contribution in [2.24, 2.45) is 0 Å². The minimum Gasteiger partial charge on any atom is -0.491 e. The van der Waals surface area contributed by atoms with Crippen molar-refractivity contribution in [1.82, 2.24) is 15.5 Å². The number of benzene rings is 1. The van der Waals surface area contributed by atoms with E-state index in [1.807, 2.05) is 12.1 Å². The smallest absolute Gasteiger partial charge is 0.321 e. The molecule has 7 heteroatoms. The zero-order chi connectivity index (χ0) is 15.9. The molecule has 3 amide bonds.